The van der Waals surface area contributed by atoms with Crippen molar-refractivity contribution < 1.29 is 14.3 Å². The molecule has 0 unspecified atom stereocenters. The number of amides is 2. The topological polar surface area (TPSA) is 98.1 Å². The van der Waals surface area contributed by atoms with Crippen molar-refractivity contribution in [3.8, 4) is 5.75 Å². The second-order valence-corrected chi connectivity index (χ2v) is 5.47. The van der Waals surface area contributed by atoms with Gasteiger partial charge in [-0.3, -0.25) is 14.9 Å². The molecule has 9 heteroatoms. The molecule has 0 aliphatic carbocycles. The van der Waals surface area contributed by atoms with E-state index < -0.39 is 11.9 Å². The molecule has 1 aliphatic heterocycles. The van der Waals surface area contributed by atoms with Crippen molar-refractivity contribution in [1.29, 1.82) is 0 Å². The number of aryl methyl sites for hydroxylation is 1. The zero-order valence-electron chi connectivity index (χ0n) is 12.5. The van der Waals surface area contributed by atoms with E-state index in [-0.39, 0.29) is 18.3 Å². The fourth-order valence-corrected chi connectivity index (χ4v) is 2.54. The summed E-state index contributed by atoms with van der Waals surface area (Å²) in [5, 5.41) is 9.93. The van der Waals surface area contributed by atoms with Crippen LogP contribution in [0.1, 0.15) is 18.3 Å². The average molecular weight is 336 g/mol. The lowest BCUT2D eigenvalue weighted by Crippen LogP contribution is -2.36. The second-order valence-electron chi connectivity index (χ2n) is 5.03. The van der Waals surface area contributed by atoms with Gasteiger partial charge < -0.3 is 10.1 Å². The van der Waals surface area contributed by atoms with E-state index in [0.29, 0.717) is 22.3 Å². The van der Waals surface area contributed by atoms with Gasteiger partial charge in [-0.15, -0.1) is 0 Å². The highest BCUT2D eigenvalue weighted by molar-refractivity contribution is 6.31. The number of halogens is 1. The van der Waals surface area contributed by atoms with E-state index in [1.165, 1.54) is 11.8 Å². The van der Waals surface area contributed by atoms with Crippen molar-refractivity contribution >= 4 is 35.1 Å². The molecule has 8 nitrogen and oxygen atoms in total. The molecule has 0 fully saturated rings. The Labute approximate surface area is 136 Å². The summed E-state index contributed by atoms with van der Waals surface area (Å²) in [5.74, 6) is 0.518. The van der Waals surface area contributed by atoms with E-state index in [1.54, 1.807) is 25.1 Å². The number of ether oxygens (including phenoxy) is 1. The molecule has 1 atom stereocenters. The summed E-state index contributed by atoms with van der Waals surface area (Å²) < 4.78 is 6.60. The molecular weight excluding hydrogens is 322 g/mol. The number of carbonyl (C=O) groups excluding carboxylic acids is 2. The molecule has 120 valence electrons. The molecule has 2 amide bonds. The minimum absolute atomic E-state index is 0.0233. The number of methoxy groups -OCH3 is 1. The van der Waals surface area contributed by atoms with Crippen LogP contribution in [0.5, 0.6) is 5.75 Å². The summed E-state index contributed by atoms with van der Waals surface area (Å²) in [6, 6.07) is 4.09. The van der Waals surface area contributed by atoms with Crippen LogP contribution in [-0.2, 0) is 9.59 Å². The van der Waals surface area contributed by atoms with E-state index in [0.717, 1.165) is 0 Å². The van der Waals surface area contributed by atoms with E-state index in [2.05, 4.69) is 20.7 Å². The van der Waals surface area contributed by atoms with Gasteiger partial charge >= 0.3 is 0 Å². The van der Waals surface area contributed by atoms with Crippen LogP contribution in [0.15, 0.2) is 18.2 Å². The first kappa shape index (κ1) is 15.3. The van der Waals surface area contributed by atoms with Gasteiger partial charge in [0.25, 0.3) is 0 Å². The van der Waals surface area contributed by atoms with Gasteiger partial charge in [0, 0.05) is 5.02 Å². The minimum Gasteiger partial charge on any atom is -0.495 e. The first-order valence-electron chi connectivity index (χ1n) is 6.85. The standard InChI is InChI=1S/C14H14ClN5O3/c1-7-16-14-18-12(21)6-10(20(14)19-7)13(22)17-9-5-8(15)3-4-11(9)23-2/h3-5,10H,6H2,1-2H3,(H,17,22)(H,16,18,19,21)/t10-/m1/s1. The third-order valence-corrected chi connectivity index (χ3v) is 3.62. The van der Waals surface area contributed by atoms with Crippen LogP contribution in [0.25, 0.3) is 0 Å². The van der Waals surface area contributed by atoms with E-state index in [1.807, 2.05) is 0 Å². The Bertz CT molecular complexity index is 789. The second kappa shape index (κ2) is 5.88. The molecule has 0 spiro atoms. The van der Waals surface area contributed by atoms with Crippen molar-refractivity contribution in [3.63, 3.8) is 0 Å². The van der Waals surface area contributed by atoms with Crippen molar-refractivity contribution in [2.75, 3.05) is 17.7 Å². The van der Waals surface area contributed by atoms with E-state index >= 15 is 0 Å². The molecule has 0 bridgehead atoms. The maximum atomic E-state index is 12.6. The summed E-state index contributed by atoms with van der Waals surface area (Å²) in [6.07, 6.45) is -0.0233. The maximum absolute atomic E-state index is 12.6. The Morgan fingerprint density at radius 3 is 3.04 bits per heavy atom. The van der Waals surface area contributed by atoms with Crippen molar-refractivity contribution in [2.45, 2.75) is 19.4 Å². The molecule has 2 aromatic rings. The van der Waals surface area contributed by atoms with Gasteiger partial charge in [0.2, 0.25) is 17.8 Å². The number of anilines is 2. The number of benzene rings is 1. The van der Waals surface area contributed by atoms with Gasteiger partial charge in [0.1, 0.15) is 17.6 Å². The third-order valence-electron chi connectivity index (χ3n) is 3.38. The number of rotatable bonds is 3. The average Bonchev–Trinajstić information content (AvgIpc) is 2.86. The molecule has 3 rings (SSSR count). The quantitative estimate of drug-likeness (QED) is 0.890. The molecule has 1 aliphatic rings. The van der Waals surface area contributed by atoms with E-state index in [4.69, 9.17) is 16.3 Å². The number of hydrogen-bond donors (Lipinski definition) is 2. The number of nitrogens with one attached hydrogen (secondary N) is 2. The Kier molecular flexibility index (Phi) is 3.91. The highest BCUT2D eigenvalue weighted by Gasteiger charge is 2.33. The van der Waals surface area contributed by atoms with Gasteiger partial charge in [-0.2, -0.15) is 10.1 Å². The predicted molar refractivity (Wildman–Crippen MR) is 83.7 cm³/mol. The Hall–Kier alpha value is -2.61. The minimum atomic E-state index is -0.788. The molecular formula is C14H14ClN5O3. The fraction of sp³-hybridized carbons (Fsp3) is 0.286. The summed E-state index contributed by atoms with van der Waals surface area (Å²) >= 11 is 5.95. The smallest absolute Gasteiger partial charge is 0.250 e. The van der Waals surface area contributed by atoms with Crippen LogP contribution in [0, 0.1) is 6.92 Å². The molecule has 1 aromatic carbocycles. The van der Waals surface area contributed by atoms with Crippen LogP contribution in [0.3, 0.4) is 0 Å². The number of hydrogen-bond acceptors (Lipinski definition) is 5. The maximum Gasteiger partial charge on any atom is 0.250 e. The Balaban J connectivity index is 1.89. The highest BCUT2D eigenvalue weighted by atomic mass is 35.5. The van der Waals surface area contributed by atoms with Gasteiger partial charge in [-0.25, -0.2) is 4.68 Å². The lowest BCUT2D eigenvalue weighted by atomic mass is 10.1. The van der Waals surface area contributed by atoms with Crippen LogP contribution >= 0.6 is 11.6 Å². The first-order chi connectivity index (χ1) is 11.0. The Morgan fingerprint density at radius 1 is 1.52 bits per heavy atom. The fourth-order valence-electron chi connectivity index (χ4n) is 2.37. The lowest BCUT2D eigenvalue weighted by Gasteiger charge is -2.23. The van der Waals surface area contributed by atoms with Gasteiger partial charge in [-0.1, -0.05) is 11.6 Å². The summed E-state index contributed by atoms with van der Waals surface area (Å²) in [5.41, 5.74) is 0.425. The van der Waals surface area contributed by atoms with Gasteiger partial charge in [-0.05, 0) is 25.1 Å². The van der Waals surface area contributed by atoms with Gasteiger partial charge in [0.15, 0.2) is 0 Å². The predicted octanol–water partition coefficient (Wildman–Crippen LogP) is 1.77. The molecule has 1 aromatic heterocycles. The molecule has 0 saturated carbocycles. The lowest BCUT2D eigenvalue weighted by molar-refractivity contribution is -0.125. The van der Waals surface area contributed by atoms with Crippen molar-refractivity contribution in [3.05, 3.63) is 29.0 Å². The molecule has 0 radical (unpaired) electrons. The normalized spacial score (nSPS) is 16.5. The molecule has 23 heavy (non-hydrogen) atoms. The molecule has 2 heterocycles. The SMILES string of the molecule is COc1ccc(Cl)cc1NC(=O)[C@H]1CC(=O)Nc2nc(C)nn21. The van der Waals surface area contributed by atoms with Crippen molar-refractivity contribution in [1.82, 2.24) is 14.8 Å². The Morgan fingerprint density at radius 2 is 2.30 bits per heavy atom. The monoisotopic (exact) mass is 335 g/mol. The number of carbonyl (C=O) groups is 2. The van der Waals surface area contributed by atoms with Crippen LogP contribution in [0.4, 0.5) is 11.6 Å². The van der Waals surface area contributed by atoms with Crippen LogP contribution < -0.4 is 15.4 Å². The van der Waals surface area contributed by atoms with Crippen molar-refractivity contribution in [2.24, 2.45) is 0 Å². The van der Waals surface area contributed by atoms with Crippen LogP contribution in [-0.4, -0.2) is 33.7 Å². The summed E-state index contributed by atoms with van der Waals surface area (Å²) in [6.45, 7) is 1.69. The number of aromatic nitrogens is 3. The highest BCUT2D eigenvalue weighted by Crippen LogP contribution is 2.30. The molecule has 0 saturated heterocycles. The third kappa shape index (κ3) is 2.98. The number of nitrogens with zero attached hydrogens (tertiary/aromatic N) is 3. The summed E-state index contributed by atoms with van der Waals surface area (Å²) in [4.78, 5) is 28.4. The first-order valence-corrected chi connectivity index (χ1v) is 7.23. The summed E-state index contributed by atoms with van der Waals surface area (Å²) in [7, 11) is 1.49. The largest absolute Gasteiger partial charge is 0.495 e. The zero-order valence-corrected chi connectivity index (χ0v) is 13.2. The number of fused-ring (bicyclic) bond motifs is 1. The van der Waals surface area contributed by atoms with Gasteiger partial charge in [0.05, 0.1) is 19.2 Å². The molecule has 2 N–H and O–H groups in total. The zero-order chi connectivity index (χ0) is 16.6. The van der Waals surface area contributed by atoms with Crippen LogP contribution in [0.2, 0.25) is 5.02 Å². The van der Waals surface area contributed by atoms with E-state index in [9.17, 15) is 9.59 Å².